The average Bonchev–Trinajstić information content (AvgIpc) is 2.54. The third-order valence-corrected chi connectivity index (χ3v) is 4.62. The summed E-state index contributed by atoms with van der Waals surface area (Å²) in [6.45, 7) is 0. The molecule has 0 bridgehead atoms. The van der Waals surface area contributed by atoms with Crippen LogP contribution in [0.4, 0.5) is 5.69 Å². The number of carbonyl (C=O) groups excluding carboxylic acids is 1. The van der Waals surface area contributed by atoms with Crippen LogP contribution >= 0.6 is 0 Å². The van der Waals surface area contributed by atoms with E-state index in [2.05, 4.69) is 5.32 Å². The molecule has 0 unspecified atom stereocenters. The maximum atomic E-state index is 13.0. The van der Waals surface area contributed by atoms with Crippen molar-refractivity contribution >= 4 is 11.6 Å². The van der Waals surface area contributed by atoms with Crippen molar-refractivity contribution in [1.82, 2.24) is 0 Å². The van der Waals surface area contributed by atoms with E-state index >= 15 is 0 Å². The van der Waals surface area contributed by atoms with Crippen LogP contribution in [0.2, 0.25) is 0 Å². The zero-order chi connectivity index (χ0) is 16.3. The van der Waals surface area contributed by atoms with E-state index in [0.29, 0.717) is 17.2 Å². The fraction of sp³-hybridized carbons (Fsp3) is 0.316. The number of ether oxygens (including phenoxy) is 2. The van der Waals surface area contributed by atoms with Crippen molar-refractivity contribution in [3.8, 4) is 11.5 Å². The topological polar surface area (TPSA) is 47.6 Å². The molecule has 1 aliphatic rings. The van der Waals surface area contributed by atoms with E-state index in [1.807, 2.05) is 36.4 Å². The van der Waals surface area contributed by atoms with Crippen LogP contribution in [0.25, 0.3) is 0 Å². The molecule has 0 spiro atoms. The standard InChI is InChI=1S/C19H21NO3/c1-22-15-9-10-17(23-2)16(13-15)20-18(21)19(11-6-12-19)14-7-4-3-5-8-14/h3-5,7-10,13H,6,11-12H2,1-2H3,(H,20,21). The Morgan fingerprint density at radius 3 is 2.35 bits per heavy atom. The summed E-state index contributed by atoms with van der Waals surface area (Å²) < 4.78 is 10.6. The molecule has 1 amide bonds. The molecule has 4 heteroatoms. The summed E-state index contributed by atoms with van der Waals surface area (Å²) in [7, 11) is 3.19. The Morgan fingerprint density at radius 2 is 1.78 bits per heavy atom. The van der Waals surface area contributed by atoms with Crippen molar-refractivity contribution < 1.29 is 14.3 Å². The van der Waals surface area contributed by atoms with Gasteiger partial charge in [-0.25, -0.2) is 0 Å². The number of methoxy groups -OCH3 is 2. The number of hydrogen-bond donors (Lipinski definition) is 1. The Kier molecular flexibility index (Phi) is 4.24. The van der Waals surface area contributed by atoms with Gasteiger partial charge in [-0.3, -0.25) is 4.79 Å². The maximum Gasteiger partial charge on any atom is 0.235 e. The summed E-state index contributed by atoms with van der Waals surface area (Å²) in [5.41, 5.74) is 1.28. The van der Waals surface area contributed by atoms with Gasteiger partial charge in [0.1, 0.15) is 11.5 Å². The minimum absolute atomic E-state index is 0.0153. The average molecular weight is 311 g/mol. The molecule has 0 radical (unpaired) electrons. The Labute approximate surface area is 136 Å². The summed E-state index contributed by atoms with van der Waals surface area (Å²) in [5.74, 6) is 1.33. The van der Waals surface area contributed by atoms with Crippen molar-refractivity contribution in [1.29, 1.82) is 0 Å². The van der Waals surface area contributed by atoms with Crippen LogP contribution in [0.15, 0.2) is 48.5 Å². The number of carbonyl (C=O) groups is 1. The minimum atomic E-state index is -0.435. The zero-order valence-electron chi connectivity index (χ0n) is 13.5. The molecule has 1 fully saturated rings. The van der Waals surface area contributed by atoms with Crippen LogP contribution in [-0.4, -0.2) is 20.1 Å². The first-order valence-corrected chi connectivity index (χ1v) is 7.78. The van der Waals surface area contributed by atoms with E-state index in [9.17, 15) is 4.79 Å². The van der Waals surface area contributed by atoms with Crippen molar-refractivity contribution in [2.24, 2.45) is 0 Å². The molecule has 0 aromatic heterocycles. The third-order valence-electron chi connectivity index (χ3n) is 4.62. The second-order valence-corrected chi connectivity index (χ2v) is 5.82. The molecule has 0 atom stereocenters. The third kappa shape index (κ3) is 2.77. The van der Waals surface area contributed by atoms with Gasteiger partial charge >= 0.3 is 0 Å². The summed E-state index contributed by atoms with van der Waals surface area (Å²) in [6.07, 6.45) is 2.81. The Hall–Kier alpha value is -2.49. The first-order valence-electron chi connectivity index (χ1n) is 7.78. The molecule has 120 valence electrons. The van der Waals surface area contributed by atoms with Gasteiger partial charge in [0.05, 0.1) is 25.3 Å². The number of anilines is 1. The number of hydrogen-bond acceptors (Lipinski definition) is 3. The molecular weight excluding hydrogens is 290 g/mol. The van der Waals surface area contributed by atoms with Crippen LogP contribution in [0.1, 0.15) is 24.8 Å². The maximum absolute atomic E-state index is 13.0. The molecule has 2 aromatic rings. The molecule has 4 nitrogen and oxygen atoms in total. The fourth-order valence-electron chi connectivity index (χ4n) is 3.09. The first-order chi connectivity index (χ1) is 11.2. The second-order valence-electron chi connectivity index (χ2n) is 5.82. The lowest BCUT2D eigenvalue weighted by Gasteiger charge is -2.40. The highest BCUT2D eigenvalue weighted by atomic mass is 16.5. The molecule has 3 rings (SSSR count). The van der Waals surface area contributed by atoms with Gasteiger partial charge < -0.3 is 14.8 Å². The Balaban J connectivity index is 1.89. The lowest BCUT2D eigenvalue weighted by molar-refractivity contribution is -0.124. The van der Waals surface area contributed by atoms with E-state index in [4.69, 9.17) is 9.47 Å². The van der Waals surface area contributed by atoms with Gasteiger partial charge in [-0.2, -0.15) is 0 Å². The molecule has 1 N–H and O–H groups in total. The van der Waals surface area contributed by atoms with E-state index in [0.717, 1.165) is 24.8 Å². The fourth-order valence-corrected chi connectivity index (χ4v) is 3.09. The lowest BCUT2D eigenvalue weighted by Crippen LogP contribution is -2.46. The van der Waals surface area contributed by atoms with Gasteiger partial charge in [-0.15, -0.1) is 0 Å². The largest absolute Gasteiger partial charge is 0.497 e. The van der Waals surface area contributed by atoms with Crippen molar-refractivity contribution in [2.75, 3.05) is 19.5 Å². The van der Waals surface area contributed by atoms with Crippen LogP contribution < -0.4 is 14.8 Å². The monoisotopic (exact) mass is 311 g/mol. The molecular formula is C19H21NO3. The van der Waals surface area contributed by atoms with E-state index in [1.54, 1.807) is 26.4 Å². The van der Waals surface area contributed by atoms with E-state index in [-0.39, 0.29) is 5.91 Å². The summed E-state index contributed by atoms with van der Waals surface area (Å²) in [6, 6.07) is 15.4. The molecule has 0 saturated heterocycles. The normalized spacial score (nSPS) is 15.4. The van der Waals surface area contributed by atoms with Gasteiger partial charge in [0, 0.05) is 6.07 Å². The highest BCUT2D eigenvalue weighted by molar-refractivity contribution is 6.01. The zero-order valence-corrected chi connectivity index (χ0v) is 13.5. The summed E-state index contributed by atoms with van der Waals surface area (Å²) in [4.78, 5) is 13.0. The number of benzene rings is 2. The molecule has 23 heavy (non-hydrogen) atoms. The Morgan fingerprint density at radius 1 is 1.04 bits per heavy atom. The molecule has 1 aliphatic carbocycles. The van der Waals surface area contributed by atoms with E-state index in [1.165, 1.54) is 0 Å². The second kappa shape index (κ2) is 6.32. The van der Waals surface area contributed by atoms with Crippen LogP contribution in [0.5, 0.6) is 11.5 Å². The van der Waals surface area contributed by atoms with Gasteiger partial charge in [0.2, 0.25) is 5.91 Å². The van der Waals surface area contributed by atoms with E-state index < -0.39 is 5.41 Å². The quantitative estimate of drug-likeness (QED) is 0.914. The van der Waals surface area contributed by atoms with Crippen molar-refractivity contribution in [3.63, 3.8) is 0 Å². The highest BCUT2D eigenvalue weighted by Gasteiger charge is 2.45. The molecule has 0 aliphatic heterocycles. The first kappa shape index (κ1) is 15.4. The van der Waals surface area contributed by atoms with Crippen molar-refractivity contribution in [2.45, 2.75) is 24.7 Å². The van der Waals surface area contributed by atoms with Crippen LogP contribution in [0, 0.1) is 0 Å². The Bertz CT molecular complexity index is 693. The van der Waals surface area contributed by atoms with Crippen molar-refractivity contribution in [3.05, 3.63) is 54.1 Å². The lowest BCUT2D eigenvalue weighted by atomic mass is 9.64. The molecule has 2 aromatic carbocycles. The molecule has 0 heterocycles. The van der Waals surface area contributed by atoms with Crippen LogP contribution in [-0.2, 0) is 10.2 Å². The minimum Gasteiger partial charge on any atom is -0.497 e. The highest BCUT2D eigenvalue weighted by Crippen LogP contribution is 2.45. The summed E-state index contributed by atoms with van der Waals surface area (Å²) >= 11 is 0. The van der Waals surface area contributed by atoms with Crippen LogP contribution in [0.3, 0.4) is 0 Å². The number of amides is 1. The van der Waals surface area contributed by atoms with Gasteiger partial charge in [0.25, 0.3) is 0 Å². The SMILES string of the molecule is COc1ccc(OC)c(NC(=O)C2(c3ccccc3)CCC2)c1. The predicted octanol–water partition coefficient (Wildman–Crippen LogP) is 3.76. The predicted molar refractivity (Wildman–Crippen MR) is 90.1 cm³/mol. The van der Waals surface area contributed by atoms with Gasteiger partial charge in [0.15, 0.2) is 0 Å². The van der Waals surface area contributed by atoms with Gasteiger partial charge in [-0.1, -0.05) is 36.8 Å². The molecule has 1 saturated carbocycles. The van der Waals surface area contributed by atoms with Gasteiger partial charge in [-0.05, 0) is 30.5 Å². The number of nitrogens with one attached hydrogen (secondary N) is 1. The number of rotatable bonds is 5. The summed E-state index contributed by atoms with van der Waals surface area (Å²) in [5, 5.41) is 3.03. The smallest absolute Gasteiger partial charge is 0.235 e.